The number of ether oxygens (including phenoxy) is 1. The minimum atomic E-state index is -3.62. The lowest BCUT2D eigenvalue weighted by molar-refractivity contribution is 0.356. The second-order valence-electron chi connectivity index (χ2n) is 5.50. The van der Waals surface area contributed by atoms with Gasteiger partial charge in [0.15, 0.2) is 0 Å². The van der Waals surface area contributed by atoms with E-state index in [9.17, 15) is 8.42 Å². The summed E-state index contributed by atoms with van der Waals surface area (Å²) in [5.74, 6) is 0.775. The van der Waals surface area contributed by atoms with Crippen molar-refractivity contribution in [1.82, 2.24) is 9.71 Å². The fourth-order valence-corrected chi connectivity index (χ4v) is 4.84. The molecule has 5 nitrogen and oxygen atoms in total. The van der Waals surface area contributed by atoms with Crippen molar-refractivity contribution in [3.8, 4) is 5.75 Å². The molecule has 0 spiro atoms. The molecule has 0 amide bonds. The fourth-order valence-electron chi connectivity index (χ4n) is 2.45. The number of aromatic nitrogens is 1. The lowest BCUT2D eigenvalue weighted by Crippen LogP contribution is -2.42. The Bertz CT molecular complexity index is 772. The van der Waals surface area contributed by atoms with Crippen molar-refractivity contribution in [2.45, 2.75) is 37.1 Å². The third-order valence-electron chi connectivity index (χ3n) is 3.94. The predicted molar refractivity (Wildman–Crippen MR) is 85.7 cm³/mol. The number of rotatable bonds is 5. The molecule has 1 N–H and O–H groups in total. The van der Waals surface area contributed by atoms with Crippen LogP contribution in [-0.2, 0) is 22.0 Å². The van der Waals surface area contributed by atoms with Gasteiger partial charge >= 0.3 is 0 Å². The van der Waals surface area contributed by atoms with Gasteiger partial charge in [-0.25, -0.2) is 13.4 Å². The van der Waals surface area contributed by atoms with Crippen molar-refractivity contribution in [2.24, 2.45) is 0 Å². The summed E-state index contributed by atoms with van der Waals surface area (Å²) in [5.41, 5.74) is 0.234. The summed E-state index contributed by atoms with van der Waals surface area (Å²) in [7, 11) is -3.62. The minimum Gasteiger partial charge on any atom is -0.493 e. The van der Waals surface area contributed by atoms with Crippen LogP contribution in [0.1, 0.15) is 30.8 Å². The molecular weight excluding hydrogens is 320 g/mol. The highest BCUT2D eigenvalue weighted by atomic mass is 32.2. The first-order valence-corrected chi connectivity index (χ1v) is 9.50. The zero-order chi connectivity index (χ0) is 15.8. The topological polar surface area (TPSA) is 68.3 Å². The van der Waals surface area contributed by atoms with Gasteiger partial charge in [-0.3, -0.25) is 0 Å². The third kappa shape index (κ3) is 2.76. The van der Waals surface area contributed by atoms with E-state index in [-0.39, 0.29) is 4.90 Å². The van der Waals surface area contributed by atoms with Crippen molar-refractivity contribution >= 4 is 21.4 Å². The molecule has 0 saturated carbocycles. The minimum absolute atomic E-state index is 0.271. The van der Waals surface area contributed by atoms with Crippen LogP contribution in [0.2, 0.25) is 0 Å². The van der Waals surface area contributed by atoms with Gasteiger partial charge in [-0.05, 0) is 37.1 Å². The van der Waals surface area contributed by atoms with E-state index >= 15 is 0 Å². The van der Waals surface area contributed by atoms with Gasteiger partial charge in [-0.1, -0.05) is 6.92 Å². The Hall–Kier alpha value is -1.44. The average Bonchev–Trinajstić information content (AvgIpc) is 3.17. The molecule has 118 valence electrons. The largest absolute Gasteiger partial charge is 0.493 e. The monoisotopic (exact) mass is 338 g/mol. The molecule has 3 rings (SSSR count). The molecular formula is C15H18N2O3S2. The summed E-state index contributed by atoms with van der Waals surface area (Å²) in [5, 5.41) is 2.62. The van der Waals surface area contributed by atoms with Gasteiger partial charge in [0.05, 0.1) is 17.0 Å². The molecule has 0 radical (unpaired) electrons. The van der Waals surface area contributed by atoms with Crippen LogP contribution in [0.25, 0.3) is 0 Å². The lowest BCUT2D eigenvalue weighted by atomic mass is 10.0. The lowest BCUT2D eigenvalue weighted by Gasteiger charge is -2.27. The number of hydrogen-bond donors (Lipinski definition) is 1. The van der Waals surface area contributed by atoms with Crippen molar-refractivity contribution in [1.29, 1.82) is 0 Å². The average molecular weight is 338 g/mol. The highest BCUT2D eigenvalue weighted by molar-refractivity contribution is 7.89. The molecule has 1 atom stereocenters. The summed E-state index contributed by atoms with van der Waals surface area (Å²) in [6.45, 7) is 4.42. The van der Waals surface area contributed by atoms with Crippen LogP contribution < -0.4 is 9.46 Å². The number of benzene rings is 1. The van der Waals surface area contributed by atoms with Gasteiger partial charge in [0, 0.05) is 18.0 Å². The molecule has 0 fully saturated rings. The van der Waals surface area contributed by atoms with E-state index in [2.05, 4.69) is 9.71 Å². The van der Waals surface area contributed by atoms with Crippen LogP contribution in [0.4, 0.5) is 0 Å². The van der Waals surface area contributed by atoms with E-state index in [1.807, 2.05) is 19.2 Å². The van der Waals surface area contributed by atoms with E-state index in [1.165, 1.54) is 11.3 Å². The molecule has 7 heteroatoms. The van der Waals surface area contributed by atoms with E-state index in [0.29, 0.717) is 13.0 Å². The number of nitrogens with zero attached hydrogens (tertiary/aromatic N) is 1. The Labute approximate surface area is 134 Å². The third-order valence-corrected chi connectivity index (χ3v) is 6.57. The van der Waals surface area contributed by atoms with E-state index < -0.39 is 15.6 Å². The van der Waals surface area contributed by atoms with E-state index in [0.717, 1.165) is 22.7 Å². The summed E-state index contributed by atoms with van der Waals surface area (Å²) in [4.78, 5) is 4.54. The van der Waals surface area contributed by atoms with Gasteiger partial charge in [-0.15, -0.1) is 11.3 Å². The molecule has 0 bridgehead atoms. The molecule has 0 aliphatic carbocycles. The van der Waals surface area contributed by atoms with Gasteiger partial charge in [0.1, 0.15) is 10.8 Å². The molecule has 22 heavy (non-hydrogen) atoms. The second kappa shape index (κ2) is 5.64. The smallest absolute Gasteiger partial charge is 0.241 e. The quantitative estimate of drug-likeness (QED) is 0.910. The number of nitrogens with one attached hydrogen (secondary N) is 1. The molecule has 2 heterocycles. The maximum absolute atomic E-state index is 12.7. The van der Waals surface area contributed by atoms with Crippen LogP contribution in [0.3, 0.4) is 0 Å². The zero-order valence-corrected chi connectivity index (χ0v) is 14.1. The van der Waals surface area contributed by atoms with E-state index in [4.69, 9.17) is 4.74 Å². The molecule has 1 unspecified atom stereocenters. The Morgan fingerprint density at radius 1 is 1.45 bits per heavy atom. The highest BCUT2D eigenvalue weighted by Crippen LogP contribution is 2.31. The maximum atomic E-state index is 12.7. The Kier molecular flexibility index (Phi) is 3.96. The SMILES string of the molecule is CCC(C)(NS(=O)(=O)c1ccc2c(c1)CCO2)c1nccs1. The van der Waals surface area contributed by atoms with Crippen LogP contribution >= 0.6 is 11.3 Å². The standard InChI is InChI=1S/C15H18N2O3S2/c1-3-15(2,14-16-7-9-21-14)17-22(18,19)12-4-5-13-11(10-12)6-8-20-13/h4-5,7,9-10,17H,3,6,8H2,1-2H3. The predicted octanol–water partition coefficient (Wildman–Crippen LogP) is 2.68. The summed E-state index contributed by atoms with van der Waals surface area (Å²) in [6.07, 6.45) is 3.05. The Morgan fingerprint density at radius 3 is 2.95 bits per heavy atom. The van der Waals surface area contributed by atoms with Crippen LogP contribution in [0.15, 0.2) is 34.7 Å². The summed E-state index contributed by atoms with van der Waals surface area (Å²) < 4.78 is 33.7. The van der Waals surface area contributed by atoms with Crippen molar-refractivity contribution in [2.75, 3.05) is 6.61 Å². The molecule has 1 aromatic heterocycles. The normalized spacial score (nSPS) is 16.8. The molecule has 2 aromatic rings. The molecule has 1 aliphatic rings. The first-order chi connectivity index (χ1) is 10.4. The molecule has 0 saturated heterocycles. The zero-order valence-electron chi connectivity index (χ0n) is 12.5. The van der Waals surface area contributed by atoms with Gasteiger partial charge in [0.2, 0.25) is 10.0 Å². The molecule has 1 aliphatic heterocycles. The fraction of sp³-hybridized carbons (Fsp3) is 0.400. The van der Waals surface area contributed by atoms with Crippen LogP contribution in [0.5, 0.6) is 5.75 Å². The number of hydrogen-bond acceptors (Lipinski definition) is 5. The van der Waals surface area contributed by atoms with Crippen LogP contribution in [-0.4, -0.2) is 20.0 Å². The second-order valence-corrected chi connectivity index (χ2v) is 8.07. The highest BCUT2D eigenvalue weighted by Gasteiger charge is 2.33. The first kappa shape index (κ1) is 15.5. The van der Waals surface area contributed by atoms with Gasteiger partial charge < -0.3 is 4.74 Å². The van der Waals surface area contributed by atoms with Gasteiger partial charge in [0.25, 0.3) is 0 Å². The Morgan fingerprint density at radius 2 is 2.27 bits per heavy atom. The number of sulfonamides is 1. The summed E-state index contributed by atoms with van der Waals surface area (Å²) >= 11 is 1.45. The van der Waals surface area contributed by atoms with Crippen molar-refractivity contribution in [3.05, 3.63) is 40.3 Å². The Balaban J connectivity index is 1.93. The number of thiazole rings is 1. The molecule has 1 aromatic carbocycles. The van der Waals surface area contributed by atoms with Crippen molar-refractivity contribution in [3.63, 3.8) is 0 Å². The first-order valence-electron chi connectivity index (χ1n) is 7.14. The summed E-state index contributed by atoms with van der Waals surface area (Å²) in [6, 6.07) is 5.01. The number of fused-ring (bicyclic) bond motifs is 1. The maximum Gasteiger partial charge on any atom is 0.241 e. The van der Waals surface area contributed by atoms with Gasteiger partial charge in [-0.2, -0.15) is 4.72 Å². The van der Waals surface area contributed by atoms with Crippen molar-refractivity contribution < 1.29 is 13.2 Å². The van der Waals surface area contributed by atoms with E-state index in [1.54, 1.807) is 24.4 Å². The van der Waals surface area contributed by atoms with Crippen LogP contribution in [0, 0.1) is 0 Å².